The standard InChI is InChI=1S/C18H18Cl2FN3O2/c1-11-3-4-13(8-16(11)21)23-18(26)10-24(2)9-17(25)22-12-5-6-14(19)15(20)7-12/h3-8H,9-10H2,1-2H3,(H,22,25)(H,23,26)/p+1. The number of hydrogen-bond donors (Lipinski definition) is 3. The Morgan fingerprint density at radius 2 is 1.50 bits per heavy atom. The van der Waals surface area contributed by atoms with E-state index in [1.165, 1.54) is 6.07 Å². The van der Waals surface area contributed by atoms with Crippen molar-refractivity contribution < 1.29 is 18.9 Å². The van der Waals surface area contributed by atoms with Crippen LogP contribution in [0.4, 0.5) is 15.8 Å². The lowest BCUT2D eigenvalue weighted by Gasteiger charge is -2.14. The second kappa shape index (κ2) is 8.98. The van der Waals surface area contributed by atoms with Crippen LogP contribution in [0.15, 0.2) is 36.4 Å². The topological polar surface area (TPSA) is 62.6 Å². The predicted octanol–water partition coefficient (Wildman–Crippen LogP) is 2.53. The van der Waals surface area contributed by atoms with Gasteiger partial charge in [-0.1, -0.05) is 29.3 Å². The summed E-state index contributed by atoms with van der Waals surface area (Å²) in [7, 11) is 1.71. The van der Waals surface area contributed by atoms with Gasteiger partial charge in [-0.05, 0) is 42.8 Å². The van der Waals surface area contributed by atoms with Crippen LogP contribution in [0.1, 0.15) is 5.56 Å². The summed E-state index contributed by atoms with van der Waals surface area (Å²) in [6.45, 7) is 1.78. The molecule has 0 saturated carbocycles. The third-order valence-electron chi connectivity index (χ3n) is 3.58. The third kappa shape index (κ3) is 5.98. The Morgan fingerprint density at radius 1 is 0.962 bits per heavy atom. The number of halogens is 3. The molecule has 8 heteroatoms. The first-order valence-corrected chi connectivity index (χ1v) is 8.62. The van der Waals surface area contributed by atoms with Crippen molar-refractivity contribution in [3.8, 4) is 0 Å². The van der Waals surface area contributed by atoms with Crippen LogP contribution in [0.5, 0.6) is 0 Å². The van der Waals surface area contributed by atoms with E-state index < -0.39 is 0 Å². The van der Waals surface area contributed by atoms with E-state index in [9.17, 15) is 14.0 Å². The molecule has 0 aliphatic carbocycles. The number of nitrogens with one attached hydrogen (secondary N) is 3. The Morgan fingerprint density at radius 3 is 2.04 bits per heavy atom. The van der Waals surface area contributed by atoms with Gasteiger partial charge in [0.25, 0.3) is 11.8 Å². The van der Waals surface area contributed by atoms with E-state index in [4.69, 9.17) is 23.2 Å². The maximum Gasteiger partial charge on any atom is 0.279 e. The van der Waals surface area contributed by atoms with Gasteiger partial charge in [-0.15, -0.1) is 0 Å². The zero-order valence-corrected chi connectivity index (χ0v) is 15.8. The number of carbonyl (C=O) groups excluding carboxylic acids is 2. The fourth-order valence-corrected chi connectivity index (χ4v) is 2.56. The van der Waals surface area contributed by atoms with Crippen LogP contribution in [0.25, 0.3) is 0 Å². The second-order valence-electron chi connectivity index (χ2n) is 6.00. The zero-order valence-electron chi connectivity index (χ0n) is 14.3. The fourth-order valence-electron chi connectivity index (χ4n) is 2.27. The summed E-state index contributed by atoms with van der Waals surface area (Å²) in [4.78, 5) is 24.7. The Labute approximate surface area is 161 Å². The molecule has 1 atom stereocenters. The molecule has 0 aromatic heterocycles. The highest BCUT2D eigenvalue weighted by Crippen LogP contribution is 2.24. The number of rotatable bonds is 6. The molecule has 2 rings (SSSR count). The van der Waals surface area contributed by atoms with Gasteiger partial charge in [0.05, 0.1) is 17.1 Å². The van der Waals surface area contributed by atoms with E-state index in [1.54, 1.807) is 44.3 Å². The fraction of sp³-hybridized carbons (Fsp3) is 0.222. The largest absolute Gasteiger partial charge is 0.322 e. The van der Waals surface area contributed by atoms with Crippen molar-refractivity contribution in [2.24, 2.45) is 0 Å². The molecule has 2 aromatic rings. The monoisotopic (exact) mass is 398 g/mol. The van der Waals surface area contributed by atoms with Gasteiger partial charge in [-0.25, -0.2) is 4.39 Å². The Hall–Kier alpha value is -2.15. The Bertz CT molecular complexity index is 763. The van der Waals surface area contributed by atoms with Crippen LogP contribution in [0.2, 0.25) is 10.0 Å². The molecule has 0 aliphatic rings. The van der Waals surface area contributed by atoms with Gasteiger partial charge in [0.15, 0.2) is 13.1 Å². The van der Waals surface area contributed by atoms with Crippen LogP contribution >= 0.6 is 23.2 Å². The van der Waals surface area contributed by atoms with E-state index >= 15 is 0 Å². The van der Waals surface area contributed by atoms with Crippen LogP contribution in [-0.4, -0.2) is 32.0 Å². The summed E-state index contributed by atoms with van der Waals surface area (Å²) < 4.78 is 13.5. The minimum Gasteiger partial charge on any atom is -0.322 e. The molecule has 0 fully saturated rings. The van der Waals surface area contributed by atoms with E-state index in [-0.39, 0.29) is 30.7 Å². The average Bonchev–Trinajstić information content (AvgIpc) is 2.54. The van der Waals surface area contributed by atoms with Gasteiger partial charge < -0.3 is 15.5 Å². The Kier molecular flexibility index (Phi) is 6.97. The summed E-state index contributed by atoms with van der Waals surface area (Å²) in [6, 6.07) is 9.26. The first-order chi connectivity index (χ1) is 12.2. The summed E-state index contributed by atoms with van der Waals surface area (Å²) >= 11 is 11.7. The molecule has 2 aromatic carbocycles. The smallest absolute Gasteiger partial charge is 0.279 e. The first kappa shape index (κ1) is 20.2. The summed E-state index contributed by atoms with van der Waals surface area (Å²) in [5, 5.41) is 6.05. The van der Waals surface area contributed by atoms with Gasteiger partial charge in [-0.2, -0.15) is 0 Å². The number of anilines is 2. The highest BCUT2D eigenvalue weighted by molar-refractivity contribution is 6.42. The van der Waals surface area contributed by atoms with E-state index in [0.29, 0.717) is 31.9 Å². The van der Waals surface area contributed by atoms with Gasteiger partial charge in [-0.3, -0.25) is 9.59 Å². The molecule has 138 valence electrons. The molecule has 1 unspecified atom stereocenters. The van der Waals surface area contributed by atoms with Crippen LogP contribution < -0.4 is 15.5 Å². The van der Waals surface area contributed by atoms with Crippen LogP contribution in [-0.2, 0) is 9.59 Å². The van der Waals surface area contributed by atoms with Crippen molar-refractivity contribution in [2.45, 2.75) is 6.92 Å². The molecule has 0 heterocycles. The lowest BCUT2D eigenvalue weighted by Crippen LogP contribution is -3.11. The summed E-state index contributed by atoms with van der Waals surface area (Å²) in [5.74, 6) is -0.965. The van der Waals surface area contributed by atoms with E-state index in [2.05, 4.69) is 10.6 Å². The highest BCUT2D eigenvalue weighted by Gasteiger charge is 2.15. The molecule has 3 N–H and O–H groups in total. The Balaban J connectivity index is 1.83. The van der Waals surface area contributed by atoms with Crippen LogP contribution in [0, 0.1) is 12.7 Å². The average molecular weight is 399 g/mol. The number of benzene rings is 2. The SMILES string of the molecule is Cc1ccc(NC(=O)C[NH+](C)CC(=O)Nc2ccc(Cl)c(Cl)c2)cc1F. The molecular weight excluding hydrogens is 380 g/mol. The quantitative estimate of drug-likeness (QED) is 0.699. The van der Waals surface area contributed by atoms with E-state index in [0.717, 1.165) is 0 Å². The minimum atomic E-state index is -0.385. The molecule has 0 aliphatic heterocycles. The van der Waals surface area contributed by atoms with Crippen molar-refractivity contribution in [1.82, 2.24) is 0 Å². The van der Waals surface area contributed by atoms with Gasteiger partial charge in [0.2, 0.25) is 0 Å². The van der Waals surface area contributed by atoms with Crippen molar-refractivity contribution in [3.63, 3.8) is 0 Å². The molecule has 26 heavy (non-hydrogen) atoms. The number of quaternary nitrogens is 1. The molecule has 0 bridgehead atoms. The maximum atomic E-state index is 13.5. The van der Waals surface area contributed by atoms with Gasteiger partial charge in [0.1, 0.15) is 5.82 Å². The van der Waals surface area contributed by atoms with Gasteiger partial charge in [0, 0.05) is 11.4 Å². The number of likely N-dealkylation sites (N-methyl/N-ethyl adjacent to an activating group) is 1. The molecule has 0 radical (unpaired) electrons. The predicted molar refractivity (Wildman–Crippen MR) is 101 cm³/mol. The molecule has 5 nitrogen and oxygen atoms in total. The molecule has 2 amide bonds. The first-order valence-electron chi connectivity index (χ1n) is 7.87. The number of aryl methyl sites for hydroxylation is 1. The number of carbonyl (C=O) groups is 2. The summed E-state index contributed by atoms with van der Waals surface area (Å²) in [6.07, 6.45) is 0. The van der Waals surface area contributed by atoms with Crippen molar-refractivity contribution in [3.05, 3.63) is 57.8 Å². The zero-order chi connectivity index (χ0) is 19.3. The third-order valence-corrected chi connectivity index (χ3v) is 4.32. The second-order valence-corrected chi connectivity index (χ2v) is 6.81. The highest BCUT2D eigenvalue weighted by atomic mass is 35.5. The molecular formula is C18H19Cl2FN3O2+. The lowest BCUT2D eigenvalue weighted by molar-refractivity contribution is -0.862. The minimum absolute atomic E-state index is 0.0598. The maximum absolute atomic E-state index is 13.5. The lowest BCUT2D eigenvalue weighted by atomic mass is 10.2. The molecule has 0 spiro atoms. The van der Waals surface area contributed by atoms with Crippen molar-refractivity contribution in [1.29, 1.82) is 0 Å². The number of amides is 2. The normalized spacial score (nSPS) is 11.7. The van der Waals surface area contributed by atoms with Crippen LogP contribution in [0.3, 0.4) is 0 Å². The van der Waals surface area contributed by atoms with Crippen molar-refractivity contribution in [2.75, 3.05) is 30.8 Å². The summed E-state index contributed by atoms with van der Waals surface area (Å²) in [5.41, 5.74) is 1.41. The molecule has 0 saturated heterocycles. The van der Waals surface area contributed by atoms with Crippen molar-refractivity contribution >= 4 is 46.4 Å². The van der Waals surface area contributed by atoms with E-state index in [1.807, 2.05) is 0 Å². The van der Waals surface area contributed by atoms with Gasteiger partial charge >= 0.3 is 0 Å². The number of hydrogen-bond acceptors (Lipinski definition) is 2.